The molecule has 0 spiro atoms. The van der Waals surface area contributed by atoms with Crippen LogP contribution in [0, 0.1) is 0 Å². The number of nitrogens with one attached hydrogen (secondary N) is 1. The van der Waals surface area contributed by atoms with E-state index in [1.165, 1.54) is 0 Å². The minimum Gasteiger partial charge on any atom is -0.444 e. The lowest BCUT2D eigenvalue weighted by molar-refractivity contribution is 0.0494. The monoisotopic (exact) mass is 329 g/mol. The van der Waals surface area contributed by atoms with Gasteiger partial charge in [-0.1, -0.05) is 28.1 Å². The van der Waals surface area contributed by atoms with Crippen LogP contribution < -0.4 is 5.32 Å². The van der Waals surface area contributed by atoms with Crippen molar-refractivity contribution in [3.63, 3.8) is 0 Å². The van der Waals surface area contributed by atoms with Crippen LogP contribution in [0.3, 0.4) is 0 Å². The highest BCUT2D eigenvalue weighted by atomic mass is 79.9. The average molecular weight is 330 g/mol. The Morgan fingerprint density at radius 2 is 1.89 bits per heavy atom. The number of alkyl carbamates (subject to hydrolysis) is 1. The Labute approximate surface area is 122 Å². The second-order valence-corrected chi connectivity index (χ2v) is 6.02. The minimum absolute atomic E-state index is 0.417. The molecule has 0 saturated heterocycles. The fourth-order valence-electron chi connectivity index (χ4n) is 1.31. The Bertz CT molecular complexity index is 398. The van der Waals surface area contributed by atoms with Gasteiger partial charge in [-0.15, -0.1) is 0 Å². The molecule has 0 radical (unpaired) electrons. The first-order valence-corrected chi connectivity index (χ1v) is 6.95. The molecule has 19 heavy (non-hydrogen) atoms. The van der Waals surface area contributed by atoms with Gasteiger partial charge in [0.05, 0.1) is 13.2 Å². The number of benzene rings is 1. The first-order chi connectivity index (χ1) is 8.87. The van der Waals surface area contributed by atoms with Crippen molar-refractivity contribution in [2.24, 2.45) is 0 Å². The lowest BCUT2D eigenvalue weighted by Gasteiger charge is -2.19. The van der Waals surface area contributed by atoms with Gasteiger partial charge >= 0.3 is 6.09 Å². The molecule has 0 saturated carbocycles. The van der Waals surface area contributed by atoms with Gasteiger partial charge in [-0.2, -0.15) is 0 Å². The highest BCUT2D eigenvalue weighted by Gasteiger charge is 2.15. The summed E-state index contributed by atoms with van der Waals surface area (Å²) in [5, 5.41) is 2.64. The number of rotatable bonds is 5. The Morgan fingerprint density at radius 1 is 1.26 bits per heavy atom. The second kappa shape index (κ2) is 7.50. The number of carbonyl (C=O) groups excluding carboxylic acids is 1. The van der Waals surface area contributed by atoms with Crippen molar-refractivity contribution in [1.82, 2.24) is 5.32 Å². The molecule has 1 N–H and O–H groups in total. The molecular weight excluding hydrogens is 310 g/mol. The smallest absolute Gasteiger partial charge is 0.407 e. The van der Waals surface area contributed by atoms with Gasteiger partial charge in [-0.25, -0.2) is 4.79 Å². The van der Waals surface area contributed by atoms with Gasteiger partial charge in [0, 0.05) is 11.0 Å². The summed E-state index contributed by atoms with van der Waals surface area (Å²) in [7, 11) is 0. The molecule has 0 aliphatic heterocycles. The molecule has 4 nitrogen and oxygen atoms in total. The third-order valence-corrected chi connectivity index (χ3v) is 2.63. The van der Waals surface area contributed by atoms with E-state index >= 15 is 0 Å². The van der Waals surface area contributed by atoms with Crippen LogP contribution in [0.4, 0.5) is 4.79 Å². The standard InChI is InChI=1S/C14H20BrNO3/c1-14(2,3)19-13(17)16-8-9-18-10-11-4-6-12(15)7-5-11/h4-7H,8-10H2,1-3H3,(H,16,17). The Kier molecular flexibility index (Phi) is 6.31. The van der Waals surface area contributed by atoms with E-state index in [9.17, 15) is 4.79 Å². The summed E-state index contributed by atoms with van der Waals surface area (Å²) in [6.07, 6.45) is -0.417. The number of halogens is 1. The number of amides is 1. The predicted octanol–water partition coefficient (Wildman–Crippen LogP) is 3.49. The van der Waals surface area contributed by atoms with Crippen molar-refractivity contribution in [1.29, 1.82) is 0 Å². The van der Waals surface area contributed by atoms with Crippen LogP contribution in [0.2, 0.25) is 0 Å². The molecule has 0 atom stereocenters. The van der Waals surface area contributed by atoms with E-state index < -0.39 is 11.7 Å². The van der Waals surface area contributed by atoms with E-state index in [-0.39, 0.29) is 0 Å². The highest BCUT2D eigenvalue weighted by molar-refractivity contribution is 9.10. The molecule has 1 aromatic carbocycles. The summed E-state index contributed by atoms with van der Waals surface area (Å²) >= 11 is 3.38. The van der Waals surface area contributed by atoms with Gasteiger partial charge < -0.3 is 14.8 Å². The maximum Gasteiger partial charge on any atom is 0.407 e. The van der Waals surface area contributed by atoms with Crippen LogP contribution in [-0.4, -0.2) is 24.8 Å². The molecule has 0 aliphatic rings. The van der Waals surface area contributed by atoms with Crippen molar-refractivity contribution >= 4 is 22.0 Å². The summed E-state index contributed by atoms with van der Waals surface area (Å²) in [5.74, 6) is 0. The van der Waals surface area contributed by atoms with E-state index in [0.717, 1.165) is 10.0 Å². The summed E-state index contributed by atoms with van der Waals surface area (Å²) in [6.45, 7) is 6.91. The topological polar surface area (TPSA) is 47.6 Å². The lowest BCUT2D eigenvalue weighted by atomic mass is 10.2. The fourth-order valence-corrected chi connectivity index (χ4v) is 1.57. The molecule has 0 aliphatic carbocycles. The molecule has 106 valence electrons. The number of hydrogen-bond donors (Lipinski definition) is 1. The molecule has 0 bridgehead atoms. The van der Waals surface area contributed by atoms with Gasteiger partial charge in [-0.3, -0.25) is 0 Å². The average Bonchev–Trinajstić information content (AvgIpc) is 2.29. The van der Waals surface area contributed by atoms with Gasteiger partial charge in [-0.05, 0) is 38.5 Å². The van der Waals surface area contributed by atoms with Crippen LogP contribution >= 0.6 is 15.9 Å². The van der Waals surface area contributed by atoms with Crippen molar-refractivity contribution in [3.8, 4) is 0 Å². The van der Waals surface area contributed by atoms with Crippen LogP contribution in [-0.2, 0) is 16.1 Å². The predicted molar refractivity (Wildman–Crippen MR) is 78.0 cm³/mol. The van der Waals surface area contributed by atoms with E-state index in [1.807, 2.05) is 45.0 Å². The molecular formula is C14H20BrNO3. The lowest BCUT2D eigenvalue weighted by Crippen LogP contribution is -2.34. The van der Waals surface area contributed by atoms with E-state index in [4.69, 9.17) is 9.47 Å². The number of carbonyl (C=O) groups is 1. The second-order valence-electron chi connectivity index (χ2n) is 5.11. The zero-order chi connectivity index (χ0) is 14.3. The van der Waals surface area contributed by atoms with Crippen molar-refractivity contribution in [3.05, 3.63) is 34.3 Å². The zero-order valence-corrected chi connectivity index (χ0v) is 13.1. The fraction of sp³-hybridized carbons (Fsp3) is 0.500. The Balaban J connectivity index is 2.11. The molecule has 0 aromatic heterocycles. The normalized spacial score (nSPS) is 11.2. The largest absolute Gasteiger partial charge is 0.444 e. The van der Waals surface area contributed by atoms with Gasteiger partial charge in [0.1, 0.15) is 5.60 Å². The third-order valence-electron chi connectivity index (χ3n) is 2.10. The first-order valence-electron chi connectivity index (χ1n) is 6.16. The summed E-state index contributed by atoms with van der Waals surface area (Å²) < 4.78 is 11.6. The van der Waals surface area contributed by atoms with Crippen LogP contribution in [0.5, 0.6) is 0 Å². The van der Waals surface area contributed by atoms with Crippen LogP contribution in [0.1, 0.15) is 26.3 Å². The van der Waals surface area contributed by atoms with Gasteiger partial charge in [0.25, 0.3) is 0 Å². The number of ether oxygens (including phenoxy) is 2. The molecule has 5 heteroatoms. The Hall–Kier alpha value is -1.07. The van der Waals surface area contributed by atoms with E-state index in [2.05, 4.69) is 21.2 Å². The van der Waals surface area contributed by atoms with E-state index in [0.29, 0.717) is 19.8 Å². The molecule has 1 amide bonds. The quantitative estimate of drug-likeness (QED) is 0.841. The van der Waals surface area contributed by atoms with Gasteiger partial charge in [0.2, 0.25) is 0 Å². The van der Waals surface area contributed by atoms with Crippen LogP contribution in [0.25, 0.3) is 0 Å². The maximum absolute atomic E-state index is 11.3. The summed E-state index contributed by atoms with van der Waals surface area (Å²) in [5.41, 5.74) is 0.628. The molecule has 0 heterocycles. The minimum atomic E-state index is -0.470. The molecule has 0 fully saturated rings. The maximum atomic E-state index is 11.3. The summed E-state index contributed by atoms with van der Waals surface area (Å²) in [4.78, 5) is 11.3. The zero-order valence-electron chi connectivity index (χ0n) is 11.5. The number of hydrogen-bond acceptors (Lipinski definition) is 3. The summed E-state index contributed by atoms with van der Waals surface area (Å²) in [6, 6.07) is 7.92. The van der Waals surface area contributed by atoms with Crippen molar-refractivity contribution < 1.29 is 14.3 Å². The third kappa shape index (κ3) is 7.85. The van der Waals surface area contributed by atoms with E-state index in [1.54, 1.807) is 0 Å². The molecule has 1 rings (SSSR count). The highest BCUT2D eigenvalue weighted by Crippen LogP contribution is 2.11. The molecule has 0 unspecified atom stereocenters. The van der Waals surface area contributed by atoms with Crippen molar-refractivity contribution in [2.75, 3.05) is 13.2 Å². The van der Waals surface area contributed by atoms with Gasteiger partial charge in [0.15, 0.2) is 0 Å². The van der Waals surface area contributed by atoms with Crippen molar-refractivity contribution in [2.45, 2.75) is 33.0 Å². The first kappa shape index (κ1) is 16.0. The Morgan fingerprint density at radius 3 is 2.47 bits per heavy atom. The SMILES string of the molecule is CC(C)(C)OC(=O)NCCOCc1ccc(Br)cc1. The van der Waals surface area contributed by atoms with Crippen LogP contribution in [0.15, 0.2) is 28.7 Å². The molecule has 1 aromatic rings.